The summed E-state index contributed by atoms with van der Waals surface area (Å²) in [6.07, 6.45) is -4.60. The van der Waals surface area contributed by atoms with E-state index in [1.165, 1.54) is 12.1 Å². The molecular formula is C40H26F3N3. The van der Waals surface area contributed by atoms with E-state index in [4.69, 9.17) is 0 Å². The summed E-state index contributed by atoms with van der Waals surface area (Å²) in [6.45, 7) is 4.09. The lowest BCUT2D eigenvalue weighted by atomic mass is 9.94. The Labute approximate surface area is 263 Å². The van der Waals surface area contributed by atoms with E-state index in [0.717, 1.165) is 60.8 Å². The van der Waals surface area contributed by atoms with Crippen LogP contribution in [0.1, 0.15) is 22.3 Å². The van der Waals surface area contributed by atoms with Crippen LogP contribution in [0.4, 0.5) is 13.2 Å². The highest BCUT2D eigenvalue weighted by Crippen LogP contribution is 2.45. The first-order valence-corrected chi connectivity index (χ1v) is 15.0. The van der Waals surface area contributed by atoms with Crippen LogP contribution in [0.25, 0.3) is 66.1 Å². The van der Waals surface area contributed by atoms with Crippen molar-refractivity contribution >= 4 is 43.6 Å². The number of benzene rings is 6. The molecule has 3 nitrogen and oxygen atoms in total. The summed E-state index contributed by atoms with van der Waals surface area (Å²) < 4.78 is 47.7. The van der Waals surface area contributed by atoms with E-state index >= 15 is 0 Å². The highest BCUT2D eigenvalue weighted by atomic mass is 19.4. The minimum atomic E-state index is -4.60. The normalized spacial score (nSPS) is 12.0. The molecule has 0 atom stereocenters. The van der Waals surface area contributed by atoms with Gasteiger partial charge in [0.05, 0.1) is 39.0 Å². The van der Waals surface area contributed by atoms with Gasteiger partial charge < -0.3 is 9.13 Å². The third-order valence-electron chi connectivity index (χ3n) is 9.07. The van der Waals surface area contributed by atoms with Crippen molar-refractivity contribution in [3.63, 3.8) is 0 Å². The number of nitrogens with zero attached hydrogens (tertiary/aromatic N) is 3. The molecule has 0 fully saturated rings. The van der Waals surface area contributed by atoms with Crippen LogP contribution in [0.3, 0.4) is 0 Å². The van der Waals surface area contributed by atoms with Crippen molar-refractivity contribution in [1.29, 1.82) is 5.26 Å². The molecule has 0 aliphatic carbocycles. The van der Waals surface area contributed by atoms with E-state index in [-0.39, 0.29) is 11.1 Å². The smallest absolute Gasteiger partial charge is 0.308 e. The van der Waals surface area contributed by atoms with Crippen LogP contribution in [0.2, 0.25) is 0 Å². The van der Waals surface area contributed by atoms with Crippen LogP contribution in [-0.2, 0) is 6.18 Å². The summed E-state index contributed by atoms with van der Waals surface area (Å²) >= 11 is 0. The van der Waals surface area contributed by atoms with Gasteiger partial charge in [-0.3, -0.25) is 0 Å². The van der Waals surface area contributed by atoms with Gasteiger partial charge in [0.25, 0.3) is 0 Å². The lowest BCUT2D eigenvalue weighted by Crippen LogP contribution is -2.10. The first kappa shape index (κ1) is 27.7. The van der Waals surface area contributed by atoms with E-state index in [9.17, 15) is 18.4 Å². The van der Waals surface area contributed by atoms with Gasteiger partial charge in [-0.15, -0.1) is 0 Å². The highest BCUT2D eigenvalue weighted by Gasteiger charge is 2.35. The largest absolute Gasteiger partial charge is 0.417 e. The maximum Gasteiger partial charge on any atom is 0.417 e. The summed E-state index contributed by atoms with van der Waals surface area (Å²) in [5.41, 5.74) is 6.48. The second-order valence-corrected chi connectivity index (χ2v) is 11.7. The minimum absolute atomic E-state index is 0.0182. The van der Waals surface area contributed by atoms with Gasteiger partial charge in [0.1, 0.15) is 11.6 Å². The topological polar surface area (TPSA) is 33.6 Å². The van der Waals surface area contributed by atoms with E-state index in [0.29, 0.717) is 16.9 Å². The number of halogens is 3. The second-order valence-electron chi connectivity index (χ2n) is 11.7. The molecule has 222 valence electrons. The molecule has 0 spiro atoms. The summed E-state index contributed by atoms with van der Waals surface area (Å²) in [4.78, 5) is 0. The molecule has 0 saturated carbocycles. The zero-order valence-corrected chi connectivity index (χ0v) is 25.0. The Bertz CT molecular complexity index is 2560. The Morgan fingerprint density at radius 3 is 1.67 bits per heavy atom. The first-order chi connectivity index (χ1) is 22.3. The van der Waals surface area contributed by atoms with Gasteiger partial charge in [-0.25, -0.2) is 0 Å². The van der Waals surface area contributed by atoms with Crippen molar-refractivity contribution in [1.82, 2.24) is 9.13 Å². The zero-order chi connectivity index (χ0) is 31.7. The average molecular weight is 606 g/mol. The number of alkyl halides is 3. The van der Waals surface area contributed by atoms with Crippen LogP contribution in [0, 0.1) is 25.2 Å². The van der Waals surface area contributed by atoms with Crippen LogP contribution < -0.4 is 0 Å². The standard InChI is InChI=1S/C40H26F3N3/c1-24-11-9-19-35-37(24)28-14-4-7-17-32(28)45(35)34-22-21-27(26-13-3-6-16-31(26)40(41,42)43)39(30(34)23-44)46-33-18-8-5-15-29(33)38-25(2)12-10-20-36(38)46/h3-22H,1-2H3. The number of para-hydroxylation sites is 2. The van der Waals surface area contributed by atoms with Crippen molar-refractivity contribution in [2.75, 3.05) is 0 Å². The molecule has 0 unspecified atom stereocenters. The SMILES string of the molecule is Cc1cccc2c1c1ccccc1n2-c1ccc(-c2ccccc2C(F)(F)F)c(-n2c3ccccc3c3c(C)cccc32)c1C#N. The first-order valence-electron chi connectivity index (χ1n) is 15.0. The molecule has 0 saturated heterocycles. The predicted molar refractivity (Wildman–Crippen MR) is 180 cm³/mol. The van der Waals surface area contributed by atoms with E-state index < -0.39 is 11.7 Å². The zero-order valence-electron chi connectivity index (χ0n) is 25.0. The fourth-order valence-corrected chi connectivity index (χ4v) is 7.19. The molecule has 8 aromatic rings. The maximum absolute atomic E-state index is 14.6. The molecule has 0 radical (unpaired) electrons. The van der Waals surface area contributed by atoms with Crippen molar-refractivity contribution in [2.45, 2.75) is 20.0 Å². The third kappa shape index (κ3) is 3.92. The van der Waals surface area contributed by atoms with Crippen LogP contribution in [-0.4, -0.2) is 9.13 Å². The van der Waals surface area contributed by atoms with Gasteiger partial charge in [-0.05, 0) is 66.9 Å². The highest BCUT2D eigenvalue weighted by molar-refractivity contribution is 6.13. The maximum atomic E-state index is 14.6. The van der Waals surface area contributed by atoms with Gasteiger partial charge in [0.15, 0.2) is 0 Å². The summed E-state index contributed by atoms with van der Waals surface area (Å²) in [5.74, 6) is 0. The Morgan fingerprint density at radius 1 is 0.543 bits per heavy atom. The Hall–Kier alpha value is -5.80. The second kappa shape index (κ2) is 10.1. The Morgan fingerprint density at radius 2 is 1.07 bits per heavy atom. The lowest BCUT2D eigenvalue weighted by Gasteiger charge is -2.21. The number of aromatic nitrogens is 2. The van der Waals surface area contributed by atoms with Gasteiger partial charge in [0, 0.05) is 27.1 Å². The number of nitriles is 1. The molecule has 2 heterocycles. The summed E-state index contributed by atoms with van der Waals surface area (Å²) in [6, 6.07) is 39.5. The Kier molecular flexibility index (Phi) is 6.10. The van der Waals surface area contributed by atoms with E-state index in [1.807, 2.05) is 84.3 Å². The minimum Gasteiger partial charge on any atom is -0.308 e. The molecule has 6 heteroatoms. The van der Waals surface area contributed by atoms with Gasteiger partial charge in [0.2, 0.25) is 0 Å². The molecule has 6 aromatic carbocycles. The molecule has 0 aliphatic heterocycles. The monoisotopic (exact) mass is 605 g/mol. The number of hydrogen-bond acceptors (Lipinski definition) is 1. The predicted octanol–water partition coefficient (Wildman–Crippen LogP) is 11.1. The van der Waals surface area contributed by atoms with Gasteiger partial charge in [-0.1, -0.05) is 84.9 Å². The van der Waals surface area contributed by atoms with Gasteiger partial charge >= 0.3 is 6.18 Å². The number of fused-ring (bicyclic) bond motifs is 6. The fraction of sp³-hybridized carbons (Fsp3) is 0.0750. The molecule has 0 amide bonds. The van der Waals surface area contributed by atoms with Crippen molar-refractivity contribution in [2.24, 2.45) is 0 Å². The molecule has 46 heavy (non-hydrogen) atoms. The lowest BCUT2D eigenvalue weighted by molar-refractivity contribution is -0.137. The fourth-order valence-electron chi connectivity index (χ4n) is 7.19. The quantitative estimate of drug-likeness (QED) is 0.197. The summed E-state index contributed by atoms with van der Waals surface area (Å²) in [5, 5.41) is 15.2. The molecule has 2 aromatic heterocycles. The van der Waals surface area contributed by atoms with Crippen molar-refractivity contribution in [3.8, 4) is 28.6 Å². The molecule has 0 bridgehead atoms. The van der Waals surface area contributed by atoms with Crippen molar-refractivity contribution in [3.05, 3.63) is 144 Å². The molecule has 0 aliphatic rings. The molecular weight excluding hydrogens is 579 g/mol. The number of hydrogen-bond donors (Lipinski definition) is 0. The third-order valence-corrected chi connectivity index (χ3v) is 9.07. The molecule has 8 rings (SSSR count). The van der Waals surface area contributed by atoms with Crippen LogP contribution in [0.15, 0.2) is 121 Å². The van der Waals surface area contributed by atoms with Crippen LogP contribution in [0.5, 0.6) is 0 Å². The number of rotatable bonds is 3. The molecule has 0 N–H and O–H groups in total. The van der Waals surface area contributed by atoms with Crippen molar-refractivity contribution < 1.29 is 13.2 Å². The Balaban J connectivity index is 1.60. The average Bonchev–Trinajstić information content (AvgIpc) is 3.58. The number of aryl methyl sites for hydroxylation is 2. The van der Waals surface area contributed by atoms with Crippen LogP contribution >= 0.6 is 0 Å². The summed E-state index contributed by atoms with van der Waals surface area (Å²) in [7, 11) is 0. The van der Waals surface area contributed by atoms with Gasteiger partial charge in [-0.2, -0.15) is 18.4 Å². The van der Waals surface area contributed by atoms with E-state index in [1.54, 1.807) is 18.2 Å². The van der Waals surface area contributed by atoms with E-state index in [2.05, 4.69) is 29.7 Å².